The van der Waals surface area contributed by atoms with Crippen molar-refractivity contribution in [2.24, 2.45) is 0 Å². The molecule has 1 atom stereocenters. The molecule has 1 unspecified atom stereocenters. The molecule has 0 bridgehead atoms. The summed E-state index contributed by atoms with van der Waals surface area (Å²) in [6.07, 6.45) is 0.780. The quantitative estimate of drug-likeness (QED) is 0.712. The lowest BCUT2D eigenvalue weighted by molar-refractivity contribution is -0.122. The van der Waals surface area contributed by atoms with Crippen LogP contribution in [0.2, 0.25) is 0 Å². The van der Waals surface area contributed by atoms with E-state index in [-0.39, 0.29) is 24.1 Å². The number of benzene rings is 2. The fourth-order valence-corrected chi connectivity index (χ4v) is 3.42. The zero-order valence-electron chi connectivity index (χ0n) is 16.4. The summed E-state index contributed by atoms with van der Waals surface area (Å²) in [6, 6.07) is 10.7. The van der Waals surface area contributed by atoms with Crippen LogP contribution in [0.1, 0.15) is 22.8 Å². The van der Waals surface area contributed by atoms with Crippen LogP contribution in [0.25, 0.3) is 0 Å². The summed E-state index contributed by atoms with van der Waals surface area (Å²) in [4.78, 5) is 26.8. The Morgan fingerprint density at radius 2 is 1.68 bits per heavy atom. The first-order valence-corrected chi connectivity index (χ1v) is 8.87. The maximum absolute atomic E-state index is 12.7. The number of amides is 1. The number of para-hydroxylation sites is 1. The minimum atomic E-state index is -0.646. The molecular formula is C21H23NO6. The molecule has 1 aliphatic heterocycles. The number of rotatable bonds is 6. The van der Waals surface area contributed by atoms with Crippen LogP contribution in [0.15, 0.2) is 36.4 Å². The molecule has 0 aliphatic carbocycles. The zero-order chi connectivity index (χ0) is 20.3. The molecule has 0 fully saturated rings. The third-order valence-electron chi connectivity index (χ3n) is 4.70. The van der Waals surface area contributed by atoms with E-state index < -0.39 is 5.97 Å². The highest BCUT2D eigenvalue weighted by Gasteiger charge is 2.31. The Bertz CT molecular complexity index is 869. The molecule has 1 heterocycles. The van der Waals surface area contributed by atoms with Gasteiger partial charge < -0.3 is 23.8 Å². The van der Waals surface area contributed by atoms with E-state index in [0.29, 0.717) is 17.2 Å². The van der Waals surface area contributed by atoms with Gasteiger partial charge in [-0.15, -0.1) is 0 Å². The molecule has 3 rings (SSSR count). The average molecular weight is 385 g/mol. The van der Waals surface area contributed by atoms with Crippen LogP contribution >= 0.6 is 0 Å². The summed E-state index contributed by atoms with van der Waals surface area (Å²) in [7, 11) is 4.40. The van der Waals surface area contributed by atoms with Gasteiger partial charge in [0.15, 0.2) is 18.1 Å². The van der Waals surface area contributed by atoms with Crippen LogP contribution in [0.5, 0.6) is 17.2 Å². The number of fused-ring (bicyclic) bond motifs is 1. The standard InChI is InChI=1S/C21H23NO6/c1-13-9-14-7-5-6-8-16(14)22(13)19(23)12-28-21(24)15-10-17(25-2)20(27-4)18(11-15)26-3/h5-8,10-11,13H,9,12H2,1-4H3. The SMILES string of the molecule is COc1cc(C(=O)OCC(=O)N2c3ccccc3CC2C)cc(OC)c1OC. The second kappa shape index (κ2) is 8.21. The van der Waals surface area contributed by atoms with E-state index in [0.717, 1.165) is 17.7 Å². The number of esters is 1. The van der Waals surface area contributed by atoms with Gasteiger partial charge in [0.2, 0.25) is 5.75 Å². The van der Waals surface area contributed by atoms with Gasteiger partial charge in [-0.1, -0.05) is 18.2 Å². The Morgan fingerprint density at radius 1 is 1.04 bits per heavy atom. The van der Waals surface area contributed by atoms with Crippen molar-refractivity contribution < 1.29 is 28.5 Å². The number of methoxy groups -OCH3 is 3. The first-order chi connectivity index (χ1) is 13.5. The van der Waals surface area contributed by atoms with Crippen LogP contribution in [-0.4, -0.2) is 45.9 Å². The van der Waals surface area contributed by atoms with Gasteiger partial charge in [0.1, 0.15) is 0 Å². The molecule has 0 radical (unpaired) electrons. The van der Waals surface area contributed by atoms with Crippen molar-refractivity contribution in [1.82, 2.24) is 0 Å². The van der Waals surface area contributed by atoms with E-state index in [4.69, 9.17) is 18.9 Å². The van der Waals surface area contributed by atoms with Crippen molar-refractivity contribution in [3.05, 3.63) is 47.5 Å². The fourth-order valence-electron chi connectivity index (χ4n) is 3.42. The topological polar surface area (TPSA) is 74.3 Å². The molecule has 0 aromatic heterocycles. The van der Waals surface area contributed by atoms with E-state index in [1.165, 1.54) is 33.5 Å². The predicted octanol–water partition coefficient (Wildman–Crippen LogP) is 2.85. The molecule has 0 saturated heterocycles. The summed E-state index contributed by atoms with van der Waals surface area (Å²) in [5.41, 5.74) is 2.18. The van der Waals surface area contributed by atoms with Crippen LogP contribution in [0.3, 0.4) is 0 Å². The predicted molar refractivity (Wildman–Crippen MR) is 103 cm³/mol. The van der Waals surface area contributed by atoms with Gasteiger partial charge in [-0.25, -0.2) is 4.79 Å². The Balaban J connectivity index is 1.73. The molecular weight excluding hydrogens is 362 g/mol. The molecule has 2 aromatic rings. The molecule has 0 saturated carbocycles. The fraction of sp³-hybridized carbons (Fsp3) is 0.333. The van der Waals surface area contributed by atoms with Crippen molar-refractivity contribution in [3.8, 4) is 17.2 Å². The number of carbonyl (C=O) groups is 2. The Morgan fingerprint density at radius 3 is 2.29 bits per heavy atom. The molecule has 0 N–H and O–H groups in total. The molecule has 1 amide bonds. The van der Waals surface area contributed by atoms with Gasteiger partial charge in [0.05, 0.1) is 26.9 Å². The molecule has 2 aromatic carbocycles. The van der Waals surface area contributed by atoms with Crippen molar-refractivity contribution in [2.75, 3.05) is 32.8 Å². The normalized spacial score (nSPS) is 15.0. The largest absolute Gasteiger partial charge is 0.493 e. The number of hydrogen-bond donors (Lipinski definition) is 0. The molecule has 1 aliphatic rings. The van der Waals surface area contributed by atoms with Crippen LogP contribution in [0.4, 0.5) is 5.69 Å². The lowest BCUT2D eigenvalue weighted by atomic mass is 10.1. The van der Waals surface area contributed by atoms with Gasteiger partial charge in [-0.05, 0) is 37.1 Å². The zero-order valence-corrected chi connectivity index (χ0v) is 16.4. The molecule has 7 nitrogen and oxygen atoms in total. The summed E-state index contributed by atoms with van der Waals surface area (Å²) in [6.45, 7) is 1.62. The maximum atomic E-state index is 12.7. The summed E-state index contributed by atoms with van der Waals surface area (Å²) in [5, 5.41) is 0. The second-order valence-corrected chi connectivity index (χ2v) is 6.44. The first kappa shape index (κ1) is 19.5. The Kier molecular flexibility index (Phi) is 5.73. The van der Waals surface area contributed by atoms with E-state index in [1.807, 2.05) is 31.2 Å². The van der Waals surface area contributed by atoms with E-state index >= 15 is 0 Å². The lowest BCUT2D eigenvalue weighted by Gasteiger charge is -2.22. The number of ether oxygens (including phenoxy) is 4. The van der Waals surface area contributed by atoms with Crippen LogP contribution in [0, 0.1) is 0 Å². The summed E-state index contributed by atoms with van der Waals surface area (Å²) < 4.78 is 21.0. The molecule has 28 heavy (non-hydrogen) atoms. The highest BCUT2D eigenvalue weighted by molar-refractivity contribution is 5.99. The van der Waals surface area contributed by atoms with Gasteiger partial charge in [-0.3, -0.25) is 4.79 Å². The van der Waals surface area contributed by atoms with E-state index in [9.17, 15) is 9.59 Å². The number of carbonyl (C=O) groups excluding carboxylic acids is 2. The van der Waals surface area contributed by atoms with Crippen molar-refractivity contribution in [1.29, 1.82) is 0 Å². The van der Waals surface area contributed by atoms with E-state index in [2.05, 4.69) is 0 Å². The molecule has 148 valence electrons. The summed E-state index contributed by atoms with van der Waals surface area (Å²) >= 11 is 0. The minimum Gasteiger partial charge on any atom is -0.493 e. The minimum absolute atomic E-state index is 0.0183. The highest BCUT2D eigenvalue weighted by atomic mass is 16.5. The van der Waals surface area contributed by atoms with Gasteiger partial charge in [-0.2, -0.15) is 0 Å². The van der Waals surface area contributed by atoms with Gasteiger partial charge in [0, 0.05) is 11.7 Å². The number of anilines is 1. The number of nitrogens with zero attached hydrogens (tertiary/aromatic N) is 1. The van der Waals surface area contributed by atoms with E-state index in [1.54, 1.807) is 4.90 Å². The molecule has 7 heteroatoms. The van der Waals surface area contributed by atoms with Crippen LogP contribution in [-0.2, 0) is 16.0 Å². The first-order valence-electron chi connectivity index (χ1n) is 8.87. The Labute approximate surface area is 163 Å². The smallest absolute Gasteiger partial charge is 0.338 e. The number of hydrogen-bond acceptors (Lipinski definition) is 6. The average Bonchev–Trinajstić information content (AvgIpc) is 3.06. The lowest BCUT2D eigenvalue weighted by Crippen LogP contribution is -2.38. The highest BCUT2D eigenvalue weighted by Crippen LogP contribution is 2.38. The van der Waals surface area contributed by atoms with Crippen molar-refractivity contribution >= 4 is 17.6 Å². The third-order valence-corrected chi connectivity index (χ3v) is 4.70. The van der Waals surface area contributed by atoms with Crippen molar-refractivity contribution in [3.63, 3.8) is 0 Å². The monoisotopic (exact) mass is 385 g/mol. The molecule has 0 spiro atoms. The third kappa shape index (κ3) is 3.60. The summed E-state index contributed by atoms with van der Waals surface area (Å²) in [5.74, 6) is 0.135. The van der Waals surface area contributed by atoms with Gasteiger partial charge in [0.25, 0.3) is 5.91 Å². The van der Waals surface area contributed by atoms with Gasteiger partial charge >= 0.3 is 5.97 Å². The second-order valence-electron chi connectivity index (χ2n) is 6.44. The maximum Gasteiger partial charge on any atom is 0.338 e. The Hall–Kier alpha value is -3.22. The van der Waals surface area contributed by atoms with Crippen molar-refractivity contribution in [2.45, 2.75) is 19.4 Å². The van der Waals surface area contributed by atoms with Crippen LogP contribution < -0.4 is 19.1 Å².